The Morgan fingerprint density at radius 2 is 0.943 bits per heavy atom. The van der Waals surface area contributed by atoms with E-state index in [4.69, 9.17) is 9.47 Å². The van der Waals surface area contributed by atoms with Crippen molar-refractivity contribution >= 4 is 5.91 Å². The summed E-state index contributed by atoms with van der Waals surface area (Å²) in [6.07, 6.45) is 32.2. The van der Waals surface area contributed by atoms with Crippen LogP contribution >= 0.6 is 0 Å². The fourth-order valence-corrected chi connectivity index (χ4v) is 7.51. The van der Waals surface area contributed by atoms with Gasteiger partial charge in [-0.3, -0.25) is 4.79 Å². The van der Waals surface area contributed by atoms with E-state index in [0.29, 0.717) is 12.8 Å². The van der Waals surface area contributed by atoms with Gasteiger partial charge >= 0.3 is 0 Å². The molecule has 0 aliphatic carbocycles. The van der Waals surface area contributed by atoms with Crippen molar-refractivity contribution in [1.82, 2.24) is 5.32 Å². The van der Waals surface area contributed by atoms with E-state index in [-0.39, 0.29) is 12.5 Å². The van der Waals surface area contributed by atoms with Crippen molar-refractivity contribution in [2.75, 3.05) is 13.2 Å². The van der Waals surface area contributed by atoms with Crippen molar-refractivity contribution in [3.8, 4) is 0 Å². The Bertz CT molecular complexity index is 801. The van der Waals surface area contributed by atoms with Gasteiger partial charge in [0.15, 0.2) is 6.29 Å². The molecule has 0 aromatic carbocycles. The molecule has 0 aromatic rings. The molecule has 9 nitrogen and oxygen atoms in total. The minimum atomic E-state index is -1.55. The van der Waals surface area contributed by atoms with Crippen molar-refractivity contribution < 1.29 is 39.8 Å². The van der Waals surface area contributed by atoms with Crippen molar-refractivity contribution in [2.45, 2.75) is 262 Å². The number of amides is 1. The Balaban J connectivity index is 2.04. The highest BCUT2D eigenvalue weighted by molar-refractivity contribution is 5.76. The molecule has 1 fully saturated rings. The molecule has 53 heavy (non-hydrogen) atoms. The smallest absolute Gasteiger partial charge is 0.220 e. The van der Waals surface area contributed by atoms with Gasteiger partial charge in [0.25, 0.3) is 0 Å². The number of rotatable bonds is 38. The first-order valence-electron chi connectivity index (χ1n) is 22.7. The van der Waals surface area contributed by atoms with E-state index in [1.165, 1.54) is 154 Å². The molecule has 6 N–H and O–H groups in total. The molecule has 0 bridgehead atoms. The fourth-order valence-electron chi connectivity index (χ4n) is 7.51. The van der Waals surface area contributed by atoms with Crippen molar-refractivity contribution in [3.63, 3.8) is 0 Å². The maximum atomic E-state index is 12.6. The molecule has 1 amide bonds. The van der Waals surface area contributed by atoms with E-state index in [1.807, 2.05) is 0 Å². The van der Waals surface area contributed by atoms with Gasteiger partial charge in [-0.2, -0.15) is 0 Å². The molecule has 0 spiro atoms. The Morgan fingerprint density at radius 3 is 1.34 bits per heavy atom. The molecule has 316 valence electrons. The molecule has 9 heteroatoms. The summed E-state index contributed by atoms with van der Waals surface area (Å²) in [7, 11) is 0. The topological polar surface area (TPSA) is 149 Å². The number of unbranched alkanes of at least 4 members (excludes halogenated alkanes) is 28. The summed E-state index contributed by atoms with van der Waals surface area (Å²) in [5.74, 6) is -0.167. The highest BCUT2D eigenvalue weighted by Crippen LogP contribution is 2.23. The zero-order valence-electron chi connectivity index (χ0n) is 34.5. The van der Waals surface area contributed by atoms with Crippen LogP contribution in [0.5, 0.6) is 0 Å². The van der Waals surface area contributed by atoms with E-state index in [1.54, 1.807) is 0 Å². The molecular weight excluding hydrogens is 670 g/mol. The molecule has 7 unspecified atom stereocenters. The zero-order chi connectivity index (χ0) is 38.8. The minimum absolute atomic E-state index is 0.136. The predicted molar refractivity (Wildman–Crippen MR) is 217 cm³/mol. The van der Waals surface area contributed by atoms with Crippen LogP contribution in [0.2, 0.25) is 0 Å². The second-order valence-electron chi connectivity index (χ2n) is 16.2. The number of hydrogen-bond acceptors (Lipinski definition) is 8. The summed E-state index contributed by atoms with van der Waals surface area (Å²) in [6, 6.07) is -0.708. The second-order valence-corrected chi connectivity index (χ2v) is 16.2. The Labute approximate surface area is 325 Å². The highest BCUT2D eigenvalue weighted by Gasteiger charge is 2.44. The van der Waals surface area contributed by atoms with Crippen LogP contribution in [0, 0.1) is 0 Å². The van der Waals surface area contributed by atoms with Gasteiger partial charge < -0.3 is 40.3 Å². The third kappa shape index (κ3) is 26.6. The average Bonchev–Trinajstić information content (AvgIpc) is 3.15. The average molecular weight is 758 g/mol. The number of hydrogen-bond donors (Lipinski definition) is 6. The molecule has 1 rings (SSSR count). The molecule has 7 atom stereocenters. The third-order valence-corrected chi connectivity index (χ3v) is 11.2. The monoisotopic (exact) mass is 758 g/mol. The van der Waals surface area contributed by atoms with Crippen LogP contribution in [0.15, 0.2) is 0 Å². The van der Waals surface area contributed by atoms with Gasteiger partial charge in [-0.15, -0.1) is 0 Å². The minimum Gasteiger partial charge on any atom is -0.394 e. The normalized spacial score (nSPS) is 21.5. The van der Waals surface area contributed by atoms with Crippen LogP contribution in [0.25, 0.3) is 0 Å². The van der Waals surface area contributed by atoms with E-state index in [9.17, 15) is 30.3 Å². The van der Waals surface area contributed by atoms with Crippen LogP contribution < -0.4 is 5.32 Å². The van der Waals surface area contributed by atoms with Crippen molar-refractivity contribution in [2.24, 2.45) is 0 Å². The highest BCUT2D eigenvalue weighted by atomic mass is 16.7. The first-order chi connectivity index (χ1) is 25.8. The second kappa shape index (κ2) is 35.6. The summed E-state index contributed by atoms with van der Waals surface area (Å²) in [6.45, 7) is 3.67. The lowest BCUT2D eigenvalue weighted by molar-refractivity contribution is -0.302. The SMILES string of the molecule is CCCCCCCCCCCCCCCCCCCCCCCCCCCCCC(O)C(COC1OC(CO)C(O)C(O)C1O)NC(=O)CCCCC. The molecule has 0 radical (unpaired) electrons. The van der Waals surface area contributed by atoms with E-state index in [0.717, 1.165) is 38.5 Å². The van der Waals surface area contributed by atoms with Gasteiger partial charge in [-0.05, 0) is 12.8 Å². The van der Waals surface area contributed by atoms with Gasteiger partial charge in [0.1, 0.15) is 24.4 Å². The maximum Gasteiger partial charge on any atom is 0.220 e. The zero-order valence-corrected chi connectivity index (χ0v) is 34.5. The van der Waals surface area contributed by atoms with E-state index < -0.39 is 49.5 Å². The molecule has 1 aliphatic heterocycles. The number of ether oxygens (including phenoxy) is 2. The largest absolute Gasteiger partial charge is 0.394 e. The lowest BCUT2D eigenvalue weighted by Gasteiger charge is -2.40. The maximum absolute atomic E-state index is 12.6. The summed E-state index contributed by atoms with van der Waals surface area (Å²) in [5.41, 5.74) is 0. The first kappa shape index (κ1) is 50.2. The van der Waals surface area contributed by atoms with Crippen LogP contribution in [-0.2, 0) is 14.3 Å². The van der Waals surface area contributed by atoms with Crippen LogP contribution in [0.1, 0.15) is 219 Å². The van der Waals surface area contributed by atoms with Gasteiger partial charge in [0.05, 0.1) is 25.4 Å². The molecule has 0 saturated carbocycles. The molecule has 0 aromatic heterocycles. The van der Waals surface area contributed by atoms with Crippen LogP contribution in [-0.4, -0.2) is 87.5 Å². The number of nitrogens with one attached hydrogen (secondary N) is 1. The van der Waals surface area contributed by atoms with E-state index >= 15 is 0 Å². The number of aliphatic hydroxyl groups excluding tert-OH is 5. The standard InChI is InChI=1S/C44H87NO8/c1-3-5-7-8-9-10-11-12-13-14-15-16-17-18-19-20-21-22-23-24-25-26-27-28-29-30-32-33-38(47)37(45-40(48)34-31-6-4-2)36-52-44-43(51)42(50)41(49)39(35-46)53-44/h37-39,41-44,46-47,49-51H,3-36H2,1-2H3,(H,45,48). The Morgan fingerprint density at radius 1 is 0.566 bits per heavy atom. The first-order valence-corrected chi connectivity index (χ1v) is 22.7. The Hall–Kier alpha value is -0.810. The summed E-state index contributed by atoms with van der Waals surface area (Å²) in [5, 5.41) is 53.8. The van der Waals surface area contributed by atoms with Gasteiger partial charge in [0, 0.05) is 6.42 Å². The lowest BCUT2D eigenvalue weighted by atomic mass is 9.99. The summed E-state index contributed by atoms with van der Waals surface area (Å²) < 4.78 is 11.1. The number of carbonyl (C=O) groups is 1. The van der Waals surface area contributed by atoms with Crippen molar-refractivity contribution in [3.05, 3.63) is 0 Å². The van der Waals surface area contributed by atoms with E-state index in [2.05, 4.69) is 19.2 Å². The van der Waals surface area contributed by atoms with Gasteiger partial charge in [0.2, 0.25) is 5.91 Å². The molecule has 1 saturated heterocycles. The third-order valence-electron chi connectivity index (χ3n) is 11.2. The van der Waals surface area contributed by atoms with Crippen LogP contribution in [0.4, 0.5) is 0 Å². The summed E-state index contributed by atoms with van der Waals surface area (Å²) >= 11 is 0. The Kier molecular flexibility index (Phi) is 33.7. The quantitative estimate of drug-likeness (QED) is 0.0342. The lowest BCUT2D eigenvalue weighted by Crippen LogP contribution is -2.60. The predicted octanol–water partition coefficient (Wildman–Crippen LogP) is 9.17. The fraction of sp³-hybridized carbons (Fsp3) is 0.977. The van der Waals surface area contributed by atoms with Crippen LogP contribution in [0.3, 0.4) is 0 Å². The van der Waals surface area contributed by atoms with Gasteiger partial charge in [-0.1, -0.05) is 200 Å². The number of aliphatic hydroxyl groups is 5. The van der Waals surface area contributed by atoms with Gasteiger partial charge in [-0.25, -0.2) is 0 Å². The molecule has 1 heterocycles. The summed E-state index contributed by atoms with van der Waals surface area (Å²) in [4.78, 5) is 12.6. The molecular formula is C44H87NO8. The molecule has 1 aliphatic rings. The van der Waals surface area contributed by atoms with Crippen molar-refractivity contribution in [1.29, 1.82) is 0 Å². The number of carbonyl (C=O) groups excluding carboxylic acids is 1.